The molecule has 0 unspecified atom stereocenters. The lowest BCUT2D eigenvalue weighted by Gasteiger charge is -2.41. The summed E-state index contributed by atoms with van der Waals surface area (Å²) in [5.74, 6) is 0.686. The van der Waals surface area contributed by atoms with E-state index < -0.39 is 0 Å². The van der Waals surface area contributed by atoms with Gasteiger partial charge in [0.1, 0.15) is 11.9 Å². The maximum Gasteiger partial charge on any atom is 0.251 e. The number of piperidine rings is 2. The highest BCUT2D eigenvalue weighted by atomic mass is 16.5. The quantitative estimate of drug-likeness (QED) is 0.737. The molecule has 7 nitrogen and oxygen atoms in total. The summed E-state index contributed by atoms with van der Waals surface area (Å²) in [5.41, 5.74) is 1.49. The van der Waals surface area contributed by atoms with Crippen molar-refractivity contribution in [3.05, 3.63) is 54.1 Å². The van der Waals surface area contributed by atoms with E-state index in [4.69, 9.17) is 4.74 Å². The van der Waals surface area contributed by atoms with E-state index in [0.717, 1.165) is 43.4 Å². The number of aromatic nitrogens is 2. The minimum atomic E-state index is -0.0913. The van der Waals surface area contributed by atoms with Crippen LogP contribution in [0, 0.1) is 0 Å². The van der Waals surface area contributed by atoms with Gasteiger partial charge in [0.15, 0.2) is 0 Å². The minimum absolute atomic E-state index is 0.0913. The molecule has 0 saturated carbocycles. The van der Waals surface area contributed by atoms with Gasteiger partial charge < -0.3 is 19.9 Å². The summed E-state index contributed by atoms with van der Waals surface area (Å²) in [6.45, 7) is 5.13. The molecule has 0 atom stereocenters. The second kappa shape index (κ2) is 10.7. The molecular formula is C24H33N5O2. The third-order valence-corrected chi connectivity index (χ3v) is 6.36. The Labute approximate surface area is 184 Å². The number of carbonyl (C=O) groups is 1. The molecule has 2 fully saturated rings. The van der Waals surface area contributed by atoms with Crippen molar-refractivity contribution in [1.82, 2.24) is 25.1 Å². The largest absolute Gasteiger partial charge is 0.490 e. The summed E-state index contributed by atoms with van der Waals surface area (Å²) in [5, 5.41) is 2.95. The van der Waals surface area contributed by atoms with E-state index in [2.05, 4.69) is 32.1 Å². The highest BCUT2D eigenvalue weighted by Gasteiger charge is 2.28. The lowest BCUT2D eigenvalue weighted by Crippen LogP contribution is -2.48. The van der Waals surface area contributed by atoms with E-state index in [0.29, 0.717) is 18.5 Å². The Bertz CT molecular complexity index is 831. The molecule has 2 saturated heterocycles. The zero-order valence-corrected chi connectivity index (χ0v) is 18.4. The van der Waals surface area contributed by atoms with Gasteiger partial charge in [-0.15, -0.1) is 0 Å². The van der Waals surface area contributed by atoms with Crippen LogP contribution in [0.25, 0.3) is 0 Å². The van der Waals surface area contributed by atoms with Crippen LogP contribution >= 0.6 is 0 Å². The van der Waals surface area contributed by atoms with Crippen molar-refractivity contribution in [2.75, 3.05) is 39.8 Å². The highest BCUT2D eigenvalue weighted by Crippen LogP contribution is 2.24. The van der Waals surface area contributed by atoms with E-state index in [1.165, 1.54) is 25.9 Å². The van der Waals surface area contributed by atoms with Gasteiger partial charge in [0, 0.05) is 56.3 Å². The summed E-state index contributed by atoms with van der Waals surface area (Å²) in [6, 6.07) is 8.24. The molecule has 2 aliphatic rings. The van der Waals surface area contributed by atoms with Crippen LogP contribution in [0.2, 0.25) is 0 Å². The molecule has 1 aromatic heterocycles. The van der Waals surface area contributed by atoms with Crippen LogP contribution in [0.1, 0.15) is 41.7 Å². The van der Waals surface area contributed by atoms with E-state index >= 15 is 0 Å². The van der Waals surface area contributed by atoms with Crippen molar-refractivity contribution in [2.24, 2.45) is 0 Å². The number of hydrogen-bond donors (Lipinski definition) is 1. The second-order valence-corrected chi connectivity index (χ2v) is 8.62. The summed E-state index contributed by atoms with van der Waals surface area (Å²) in [4.78, 5) is 25.8. The first kappa shape index (κ1) is 21.7. The number of ether oxygens (including phenoxy) is 1. The summed E-state index contributed by atoms with van der Waals surface area (Å²) >= 11 is 0. The van der Waals surface area contributed by atoms with Gasteiger partial charge in [0.25, 0.3) is 5.91 Å². The standard InChI is InChI=1S/C24H33N5O2/c1-28-13-6-21(7-14-28)29-15-8-22(9-16-29)31-23-4-2-3-19(17-23)24(30)27-10-5-20-18-25-11-12-26-20/h2-4,11-12,17-18,21-22H,5-10,13-16H2,1H3,(H,27,30). The van der Waals surface area contributed by atoms with Gasteiger partial charge in [-0.05, 0) is 64.0 Å². The molecule has 0 spiro atoms. The lowest BCUT2D eigenvalue weighted by atomic mass is 9.99. The van der Waals surface area contributed by atoms with Crippen molar-refractivity contribution < 1.29 is 9.53 Å². The number of carbonyl (C=O) groups excluding carboxylic acids is 1. The van der Waals surface area contributed by atoms with Gasteiger partial charge in [0.2, 0.25) is 0 Å². The smallest absolute Gasteiger partial charge is 0.251 e. The Morgan fingerprint density at radius 2 is 1.94 bits per heavy atom. The molecule has 1 N–H and O–H groups in total. The van der Waals surface area contributed by atoms with Gasteiger partial charge in [0.05, 0.1) is 5.69 Å². The fourth-order valence-electron chi connectivity index (χ4n) is 4.49. The molecule has 166 valence electrons. The number of nitrogens with one attached hydrogen (secondary N) is 1. The Hall–Kier alpha value is -2.51. The first-order chi connectivity index (χ1) is 15.2. The number of amides is 1. The molecule has 0 aliphatic carbocycles. The monoisotopic (exact) mass is 423 g/mol. The zero-order chi connectivity index (χ0) is 21.5. The van der Waals surface area contributed by atoms with Gasteiger partial charge in [-0.1, -0.05) is 6.07 Å². The lowest BCUT2D eigenvalue weighted by molar-refractivity contribution is 0.0525. The number of rotatable bonds is 7. The molecule has 31 heavy (non-hydrogen) atoms. The molecule has 3 heterocycles. The van der Waals surface area contributed by atoms with E-state index in [-0.39, 0.29) is 12.0 Å². The van der Waals surface area contributed by atoms with Crippen molar-refractivity contribution in [2.45, 2.75) is 44.2 Å². The Balaban J connectivity index is 1.22. The topological polar surface area (TPSA) is 70.6 Å². The molecule has 1 amide bonds. The molecule has 4 rings (SSSR count). The normalized spacial score (nSPS) is 19.3. The number of nitrogens with zero attached hydrogens (tertiary/aromatic N) is 4. The van der Waals surface area contributed by atoms with Crippen LogP contribution in [-0.2, 0) is 6.42 Å². The minimum Gasteiger partial charge on any atom is -0.490 e. The van der Waals surface area contributed by atoms with Crippen molar-refractivity contribution in [1.29, 1.82) is 0 Å². The second-order valence-electron chi connectivity index (χ2n) is 8.62. The third-order valence-electron chi connectivity index (χ3n) is 6.36. The number of likely N-dealkylation sites (tertiary alicyclic amines) is 2. The summed E-state index contributed by atoms with van der Waals surface area (Å²) in [7, 11) is 2.21. The Kier molecular flexibility index (Phi) is 7.48. The van der Waals surface area contributed by atoms with Crippen LogP contribution in [-0.4, -0.2) is 77.6 Å². The summed E-state index contributed by atoms with van der Waals surface area (Å²) in [6.07, 6.45) is 10.5. The third kappa shape index (κ3) is 6.24. The summed E-state index contributed by atoms with van der Waals surface area (Å²) < 4.78 is 6.24. The molecule has 7 heteroatoms. The van der Waals surface area contributed by atoms with Crippen molar-refractivity contribution >= 4 is 5.91 Å². The van der Waals surface area contributed by atoms with Crippen LogP contribution < -0.4 is 10.1 Å². The fraction of sp³-hybridized carbons (Fsp3) is 0.542. The van der Waals surface area contributed by atoms with Crippen LogP contribution in [0.3, 0.4) is 0 Å². The Morgan fingerprint density at radius 3 is 2.68 bits per heavy atom. The van der Waals surface area contributed by atoms with E-state index in [1.54, 1.807) is 18.6 Å². The predicted octanol–water partition coefficient (Wildman–Crippen LogP) is 2.39. The molecule has 2 aromatic rings. The molecule has 2 aliphatic heterocycles. The van der Waals surface area contributed by atoms with Crippen LogP contribution in [0.4, 0.5) is 0 Å². The maximum atomic E-state index is 12.5. The molecule has 1 aromatic carbocycles. The number of benzene rings is 1. The van der Waals surface area contributed by atoms with E-state index in [9.17, 15) is 4.79 Å². The van der Waals surface area contributed by atoms with Gasteiger partial charge in [-0.2, -0.15) is 0 Å². The van der Waals surface area contributed by atoms with E-state index in [1.807, 2.05) is 24.3 Å². The first-order valence-corrected chi connectivity index (χ1v) is 11.4. The first-order valence-electron chi connectivity index (χ1n) is 11.4. The fourth-order valence-corrected chi connectivity index (χ4v) is 4.49. The van der Waals surface area contributed by atoms with Gasteiger partial charge >= 0.3 is 0 Å². The average Bonchev–Trinajstić information content (AvgIpc) is 2.81. The van der Waals surface area contributed by atoms with Crippen molar-refractivity contribution in [3.63, 3.8) is 0 Å². The zero-order valence-electron chi connectivity index (χ0n) is 18.4. The SMILES string of the molecule is CN1CCC(N2CCC(Oc3cccc(C(=O)NCCc4cnccn4)c3)CC2)CC1. The predicted molar refractivity (Wildman–Crippen MR) is 120 cm³/mol. The Morgan fingerprint density at radius 1 is 1.13 bits per heavy atom. The molecular weight excluding hydrogens is 390 g/mol. The average molecular weight is 424 g/mol. The highest BCUT2D eigenvalue weighted by molar-refractivity contribution is 5.94. The van der Waals surface area contributed by atoms with Crippen LogP contribution in [0.5, 0.6) is 5.75 Å². The number of hydrogen-bond acceptors (Lipinski definition) is 6. The van der Waals surface area contributed by atoms with Crippen molar-refractivity contribution in [3.8, 4) is 5.75 Å². The maximum absolute atomic E-state index is 12.5. The molecule has 0 radical (unpaired) electrons. The van der Waals surface area contributed by atoms with Gasteiger partial charge in [-0.25, -0.2) is 0 Å². The molecule has 0 bridgehead atoms. The van der Waals surface area contributed by atoms with Crippen LogP contribution in [0.15, 0.2) is 42.9 Å². The van der Waals surface area contributed by atoms with Gasteiger partial charge in [-0.3, -0.25) is 14.8 Å².